The first-order valence-electron chi connectivity index (χ1n) is 5.66. The van der Waals surface area contributed by atoms with Gasteiger partial charge in [-0.25, -0.2) is 0 Å². The molecule has 0 radical (unpaired) electrons. The van der Waals surface area contributed by atoms with Crippen molar-refractivity contribution in [2.75, 3.05) is 7.05 Å². The van der Waals surface area contributed by atoms with Gasteiger partial charge in [-0.2, -0.15) is 0 Å². The Kier molecular flexibility index (Phi) is 1.98. The third-order valence-corrected chi connectivity index (χ3v) is 4.97. The molecule has 2 bridgehead atoms. The van der Waals surface area contributed by atoms with Crippen molar-refractivity contribution in [1.82, 2.24) is 4.90 Å². The lowest BCUT2D eigenvalue weighted by Gasteiger charge is -2.37. The number of hydrogen-bond acceptors (Lipinski definition) is 2. The van der Waals surface area contributed by atoms with Crippen molar-refractivity contribution < 1.29 is 4.79 Å². The van der Waals surface area contributed by atoms with Crippen LogP contribution in [-0.4, -0.2) is 29.8 Å². The van der Waals surface area contributed by atoms with Crippen LogP contribution in [0.4, 0.5) is 0 Å². The van der Waals surface area contributed by atoms with Gasteiger partial charge in [-0.1, -0.05) is 33.8 Å². The first-order chi connectivity index (χ1) is 6.71. The van der Waals surface area contributed by atoms with Gasteiger partial charge >= 0.3 is 0 Å². The molecule has 0 N–H and O–H groups in total. The highest BCUT2D eigenvalue weighted by molar-refractivity contribution is 6.01. The van der Waals surface area contributed by atoms with E-state index in [9.17, 15) is 4.79 Å². The summed E-state index contributed by atoms with van der Waals surface area (Å²) in [6.45, 7) is 10.9. The van der Waals surface area contributed by atoms with Crippen molar-refractivity contribution in [2.24, 2.45) is 10.8 Å². The molecule has 0 aromatic rings. The summed E-state index contributed by atoms with van der Waals surface area (Å²) < 4.78 is 0. The minimum absolute atomic E-state index is 0.0394. The van der Waals surface area contributed by atoms with Gasteiger partial charge in [0.2, 0.25) is 0 Å². The Hall–Kier alpha value is -0.630. The van der Waals surface area contributed by atoms with E-state index in [1.165, 1.54) is 0 Å². The summed E-state index contributed by atoms with van der Waals surface area (Å²) in [6, 6.07) is 0.456. The number of rotatable bonds is 0. The van der Waals surface area contributed by atoms with Gasteiger partial charge in [-0.05, 0) is 30.4 Å². The van der Waals surface area contributed by atoms with Gasteiger partial charge in [0, 0.05) is 6.04 Å². The van der Waals surface area contributed by atoms with Gasteiger partial charge in [0.15, 0.2) is 5.78 Å². The molecule has 1 saturated heterocycles. The second-order valence-electron chi connectivity index (χ2n) is 6.17. The maximum Gasteiger partial charge on any atom is 0.175 e. The van der Waals surface area contributed by atoms with E-state index in [-0.39, 0.29) is 16.9 Å². The van der Waals surface area contributed by atoms with Gasteiger partial charge in [-0.3, -0.25) is 9.69 Å². The smallest absolute Gasteiger partial charge is 0.175 e. The molecule has 0 aromatic carbocycles. The van der Waals surface area contributed by atoms with Crippen LogP contribution in [0.15, 0.2) is 11.6 Å². The van der Waals surface area contributed by atoms with Crippen LogP contribution in [0.25, 0.3) is 0 Å². The summed E-state index contributed by atoms with van der Waals surface area (Å²) in [5.41, 5.74) is 1.14. The predicted octanol–water partition coefficient (Wildman–Crippen LogP) is 2.25. The summed E-state index contributed by atoms with van der Waals surface area (Å²) in [5.74, 6) is 0.310. The fraction of sp³-hybridized carbons (Fsp3) is 0.769. The van der Waals surface area contributed by atoms with Crippen LogP contribution >= 0.6 is 0 Å². The number of likely N-dealkylation sites (N-methyl/N-ethyl adjacent to an activating group) is 1. The fourth-order valence-electron chi connectivity index (χ4n) is 3.29. The molecule has 15 heavy (non-hydrogen) atoms. The van der Waals surface area contributed by atoms with Crippen LogP contribution in [0.1, 0.15) is 34.6 Å². The highest BCUT2D eigenvalue weighted by Gasteiger charge is 2.61. The van der Waals surface area contributed by atoms with E-state index in [1.54, 1.807) is 0 Å². The molecule has 84 valence electrons. The third-order valence-electron chi connectivity index (χ3n) is 4.97. The Morgan fingerprint density at radius 1 is 1.20 bits per heavy atom. The van der Waals surface area contributed by atoms with E-state index < -0.39 is 0 Å². The molecule has 0 amide bonds. The van der Waals surface area contributed by atoms with E-state index in [1.807, 2.05) is 6.92 Å². The Morgan fingerprint density at radius 3 is 2.27 bits per heavy atom. The Morgan fingerprint density at radius 2 is 1.73 bits per heavy atom. The monoisotopic (exact) mass is 207 g/mol. The molecule has 0 aliphatic carbocycles. The second kappa shape index (κ2) is 2.73. The summed E-state index contributed by atoms with van der Waals surface area (Å²) in [7, 11) is 2.08. The van der Waals surface area contributed by atoms with E-state index in [4.69, 9.17) is 0 Å². The third kappa shape index (κ3) is 1.06. The van der Waals surface area contributed by atoms with Gasteiger partial charge in [0.1, 0.15) is 0 Å². The normalized spacial score (nSPS) is 38.0. The van der Waals surface area contributed by atoms with Crippen molar-refractivity contribution in [3.05, 3.63) is 11.6 Å². The first kappa shape index (κ1) is 10.9. The minimum atomic E-state index is 0.0394. The van der Waals surface area contributed by atoms with Gasteiger partial charge < -0.3 is 0 Å². The van der Waals surface area contributed by atoms with Crippen molar-refractivity contribution in [3.8, 4) is 0 Å². The molecule has 2 heterocycles. The Labute approximate surface area is 92.3 Å². The molecule has 2 nitrogen and oxygen atoms in total. The zero-order valence-corrected chi connectivity index (χ0v) is 10.6. The zero-order chi connectivity index (χ0) is 11.6. The average molecular weight is 207 g/mol. The van der Waals surface area contributed by atoms with Crippen LogP contribution < -0.4 is 0 Å². The van der Waals surface area contributed by atoms with Gasteiger partial charge in [0.05, 0.1) is 6.04 Å². The molecule has 2 atom stereocenters. The number of ketones is 1. The summed E-state index contributed by atoms with van der Waals surface area (Å²) >= 11 is 0. The van der Waals surface area contributed by atoms with Crippen molar-refractivity contribution in [2.45, 2.75) is 46.7 Å². The highest BCUT2D eigenvalue weighted by atomic mass is 16.1. The number of carbonyl (C=O) groups excluding carboxylic acids is 1. The van der Waals surface area contributed by atoms with Crippen LogP contribution in [0.5, 0.6) is 0 Å². The minimum Gasteiger partial charge on any atom is -0.293 e. The Bertz CT molecular complexity index is 352. The second-order valence-corrected chi connectivity index (χ2v) is 6.17. The highest BCUT2D eigenvalue weighted by Crippen LogP contribution is 2.56. The van der Waals surface area contributed by atoms with E-state index in [0.29, 0.717) is 11.8 Å². The number of hydrogen-bond donors (Lipinski definition) is 0. The number of carbonyl (C=O) groups is 1. The number of fused-ring (bicyclic) bond motifs is 2. The van der Waals surface area contributed by atoms with Crippen LogP contribution in [-0.2, 0) is 4.79 Å². The van der Waals surface area contributed by atoms with Crippen molar-refractivity contribution >= 4 is 5.78 Å². The van der Waals surface area contributed by atoms with E-state index in [2.05, 4.69) is 45.7 Å². The summed E-state index contributed by atoms with van der Waals surface area (Å²) in [6.07, 6.45) is 2.15. The van der Waals surface area contributed by atoms with Crippen LogP contribution in [0.3, 0.4) is 0 Å². The molecule has 2 heteroatoms. The lowest BCUT2D eigenvalue weighted by Crippen LogP contribution is -2.45. The zero-order valence-electron chi connectivity index (χ0n) is 10.6. The van der Waals surface area contributed by atoms with Gasteiger partial charge in [-0.15, -0.1) is 0 Å². The number of Topliss-reactive ketones (excluding diaryl/α,β-unsaturated/α-hetero) is 1. The van der Waals surface area contributed by atoms with Crippen LogP contribution in [0, 0.1) is 10.8 Å². The molecular weight excluding hydrogens is 186 g/mol. The quantitative estimate of drug-likeness (QED) is 0.607. The molecule has 2 aliphatic rings. The standard InChI is InChI=1S/C13H21NO/c1-8-7-9-12(2,3)13(4,5)11(10(8)15)14(9)6/h7,9,11H,1-6H3. The topological polar surface area (TPSA) is 20.3 Å². The Balaban J connectivity index is 2.61. The molecular formula is C13H21NO. The van der Waals surface area contributed by atoms with Crippen LogP contribution in [0.2, 0.25) is 0 Å². The molecule has 0 saturated carbocycles. The SMILES string of the molecule is CC1=CC2N(C)C(C1=O)C(C)(C)C2(C)C. The van der Waals surface area contributed by atoms with E-state index >= 15 is 0 Å². The van der Waals surface area contributed by atoms with Crippen molar-refractivity contribution in [1.29, 1.82) is 0 Å². The van der Waals surface area contributed by atoms with Crippen molar-refractivity contribution in [3.63, 3.8) is 0 Å². The summed E-state index contributed by atoms with van der Waals surface area (Å²) in [4.78, 5) is 14.4. The molecule has 2 unspecified atom stereocenters. The lowest BCUT2D eigenvalue weighted by molar-refractivity contribution is -0.122. The fourth-order valence-corrected chi connectivity index (χ4v) is 3.29. The molecule has 1 fully saturated rings. The molecule has 2 rings (SSSR count). The maximum absolute atomic E-state index is 12.2. The first-order valence-corrected chi connectivity index (χ1v) is 5.66. The maximum atomic E-state index is 12.2. The number of nitrogens with zero attached hydrogens (tertiary/aromatic N) is 1. The predicted molar refractivity (Wildman–Crippen MR) is 61.7 cm³/mol. The average Bonchev–Trinajstić information content (AvgIpc) is 2.18. The van der Waals surface area contributed by atoms with Gasteiger partial charge in [0.25, 0.3) is 0 Å². The van der Waals surface area contributed by atoms with E-state index in [0.717, 1.165) is 5.57 Å². The molecule has 0 aromatic heterocycles. The molecule has 0 spiro atoms. The molecule has 2 aliphatic heterocycles. The lowest BCUT2D eigenvalue weighted by atomic mass is 9.65. The largest absolute Gasteiger partial charge is 0.293 e. The summed E-state index contributed by atoms with van der Waals surface area (Å²) in [5, 5.41) is 0.